The summed E-state index contributed by atoms with van der Waals surface area (Å²) in [6.45, 7) is 0. The van der Waals surface area contributed by atoms with Crippen LogP contribution in [0.25, 0.3) is 0 Å². The van der Waals surface area contributed by atoms with Gasteiger partial charge in [0.2, 0.25) is 0 Å². The first-order chi connectivity index (χ1) is 7.73. The van der Waals surface area contributed by atoms with Crippen molar-refractivity contribution >= 4 is 19.4 Å². The number of carbonyl (C=O) groups is 1. The van der Waals surface area contributed by atoms with E-state index in [1.165, 1.54) is 17.3 Å². The molecule has 9 heteroatoms. The van der Waals surface area contributed by atoms with Gasteiger partial charge in [-0.15, -0.1) is 0 Å². The number of hydrogen-bond donors (Lipinski definition) is 0. The van der Waals surface area contributed by atoms with Crippen LogP contribution in [0.5, 0.6) is 0 Å². The predicted octanol–water partition coefficient (Wildman–Crippen LogP) is 3.42. The fraction of sp³-hybridized carbons (Fsp3) is 0.667. The van der Waals surface area contributed by atoms with Gasteiger partial charge in [-0.25, -0.2) is 0 Å². The van der Waals surface area contributed by atoms with Gasteiger partial charge in [0.05, 0.1) is 0 Å². The van der Waals surface area contributed by atoms with Crippen LogP contribution in [0.4, 0.5) is 26.3 Å². The van der Waals surface area contributed by atoms with E-state index in [4.69, 9.17) is 3.76 Å². The summed E-state index contributed by atoms with van der Waals surface area (Å²) in [4.78, 5) is 11.0. The molecule has 0 spiro atoms. The zero-order valence-corrected chi connectivity index (χ0v) is 11.8. The van der Waals surface area contributed by atoms with Gasteiger partial charge in [-0.3, -0.25) is 0 Å². The number of alkyl halides is 6. The average molecular weight is 337 g/mol. The minimum absolute atomic E-state index is 0.275. The van der Waals surface area contributed by atoms with E-state index in [1.54, 1.807) is 0 Å². The van der Waals surface area contributed by atoms with Crippen molar-refractivity contribution in [1.82, 2.24) is 0 Å². The summed E-state index contributed by atoms with van der Waals surface area (Å²) in [5, 5.41) is 0. The molecule has 1 aliphatic rings. The number of ketones is 1. The van der Waals surface area contributed by atoms with Gasteiger partial charge in [0, 0.05) is 0 Å². The second-order valence-corrected chi connectivity index (χ2v) is 14.1. The molecule has 2 nitrogen and oxygen atoms in total. The Kier molecular flexibility index (Phi) is 3.34. The summed E-state index contributed by atoms with van der Waals surface area (Å²) in [5.41, 5.74) is -4.47. The topological polar surface area (TPSA) is 26.3 Å². The quantitative estimate of drug-likeness (QED) is 0.570. The van der Waals surface area contributed by atoms with Crippen LogP contribution in [0.3, 0.4) is 0 Å². The van der Waals surface area contributed by atoms with Gasteiger partial charge >= 0.3 is 101 Å². The van der Waals surface area contributed by atoms with Gasteiger partial charge in [0.1, 0.15) is 0 Å². The minimum atomic E-state index is -5.75. The molecule has 0 aromatic heterocycles. The molecule has 0 fully saturated rings. The molecule has 0 amide bonds. The van der Waals surface area contributed by atoms with Crippen molar-refractivity contribution in [2.45, 2.75) is 29.6 Å². The molecule has 0 saturated heterocycles. The Morgan fingerprint density at radius 3 is 1.67 bits per heavy atom. The van der Waals surface area contributed by atoms with Crippen molar-refractivity contribution in [2.75, 3.05) is 0 Å². The molecule has 1 rings (SSSR count). The number of rotatable bonds is 2. The number of carbonyl (C=O) groups excluding carboxylic acids is 1. The van der Waals surface area contributed by atoms with Crippen LogP contribution in [0.15, 0.2) is 11.8 Å². The fourth-order valence-electron chi connectivity index (χ4n) is 1.53. The van der Waals surface area contributed by atoms with Gasteiger partial charge in [-0.05, 0) is 0 Å². The van der Waals surface area contributed by atoms with Crippen molar-refractivity contribution in [2.24, 2.45) is 5.41 Å². The maximum absolute atomic E-state index is 12.7. The second kappa shape index (κ2) is 3.91. The molecule has 0 radical (unpaired) electrons. The first kappa shape index (κ1) is 15.4. The molecule has 0 unspecified atom stereocenters. The van der Waals surface area contributed by atoms with Crippen molar-refractivity contribution in [3.05, 3.63) is 11.8 Å². The third kappa shape index (κ3) is 2.14. The van der Waals surface area contributed by atoms with Crippen LogP contribution in [0, 0.1) is 5.41 Å². The molecule has 0 aromatic carbocycles. The van der Waals surface area contributed by atoms with Crippen molar-refractivity contribution < 1.29 is 34.9 Å². The Morgan fingerprint density at radius 2 is 1.44 bits per heavy atom. The monoisotopic (exact) mass is 338 g/mol. The van der Waals surface area contributed by atoms with Gasteiger partial charge < -0.3 is 0 Å². The number of halogens is 6. The van der Waals surface area contributed by atoms with E-state index in [1.807, 2.05) is 0 Å². The van der Waals surface area contributed by atoms with E-state index >= 15 is 0 Å². The predicted molar refractivity (Wildman–Crippen MR) is 52.1 cm³/mol. The Balaban J connectivity index is 3.31. The van der Waals surface area contributed by atoms with E-state index in [-0.39, 0.29) is 6.08 Å². The van der Waals surface area contributed by atoms with E-state index in [2.05, 4.69) is 0 Å². The average Bonchev–Trinajstić information content (AvgIpc) is 1.93. The van der Waals surface area contributed by atoms with Gasteiger partial charge in [0.15, 0.2) is 0 Å². The molecular weight excluding hydrogens is 327 g/mol. The van der Waals surface area contributed by atoms with E-state index in [0.717, 1.165) is 0 Å². The molecule has 0 N–H and O–H groups in total. The molecule has 1 aliphatic carbocycles. The molecule has 0 saturated carbocycles. The van der Waals surface area contributed by atoms with Gasteiger partial charge in [0.25, 0.3) is 0 Å². The fourth-order valence-corrected chi connectivity index (χ4v) is 3.36. The summed E-state index contributed by atoms with van der Waals surface area (Å²) in [6, 6.07) is 0. The Hall–Kier alpha value is -0.667. The summed E-state index contributed by atoms with van der Waals surface area (Å²) in [6.07, 6.45) is -11.2. The van der Waals surface area contributed by atoms with Crippen LogP contribution in [0.2, 0.25) is 17.3 Å². The summed E-state index contributed by atoms with van der Waals surface area (Å²) < 4.78 is 80.9. The summed E-state index contributed by atoms with van der Waals surface area (Å²) in [7, 11) is 0. The van der Waals surface area contributed by atoms with Crippen molar-refractivity contribution in [3.63, 3.8) is 0 Å². The Bertz CT molecular complexity index is 387. The van der Waals surface area contributed by atoms with E-state index < -0.39 is 42.9 Å². The van der Waals surface area contributed by atoms with Crippen LogP contribution >= 0.6 is 0 Å². The molecular formula is C9H10F6GeO2. The van der Waals surface area contributed by atoms with Crippen molar-refractivity contribution in [1.29, 1.82) is 0 Å². The Labute approximate surface area is 102 Å². The zero-order chi connectivity index (χ0) is 14.6. The van der Waals surface area contributed by atoms with Gasteiger partial charge in [-0.2, -0.15) is 0 Å². The molecule has 104 valence electrons. The molecule has 0 bridgehead atoms. The first-order valence-corrected chi connectivity index (χ1v) is 12.0. The van der Waals surface area contributed by atoms with Crippen molar-refractivity contribution in [3.8, 4) is 0 Å². The van der Waals surface area contributed by atoms with Crippen LogP contribution in [-0.2, 0) is 8.56 Å². The normalized spacial score (nSPS) is 20.3. The first-order valence-electron chi connectivity index (χ1n) is 4.82. The van der Waals surface area contributed by atoms with Crippen LogP contribution in [0.1, 0.15) is 0 Å². The molecule has 0 heterocycles. The standard InChI is InChI=1S/C9H10F6GeO2/c1-16(2,3)18-6-4-5(17)7(6,8(10,11)12)9(13,14)15/h4H,1-3H3. The number of hydrogen-bond acceptors (Lipinski definition) is 2. The van der Waals surface area contributed by atoms with Crippen LogP contribution < -0.4 is 0 Å². The van der Waals surface area contributed by atoms with Gasteiger partial charge in [-0.1, -0.05) is 0 Å². The summed E-state index contributed by atoms with van der Waals surface area (Å²) in [5.74, 6) is 1.08. The third-order valence-corrected chi connectivity index (χ3v) is 4.01. The second-order valence-electron chi connectivity index (χ2n) is 4.83. The molecule has 0 aromatic rings. The maximum atomic E-state index is 12.7. The number of allylic oxidation sites excluding steroid dienone is 2. The molecule has 18 heavy (non-hydrogen) atoms. The zero-order valence-electron chi connectivity index (χ0n) is 9.66. The summed E-state index contributed by atoms with van der Waals surface area (Å²) >= 11 is -3.18. The van der Waals surface area contributed by atoms with E-state index in [9.17, 15) is 31.1 Å². The molecule has 0 atom stereocenters. The van der Waals surface area contributed by atoms with E-state index in [0.29, 0.717) is 0 Å². The third-order valence-electron chi connectivity index (χ3n) is 2.27. The SMILES string of the molecule is [CH3][Ge]([CH3])([CH3])[O]C1=CC(=O)C1(C(F)(F)F)C(F)(F)F. The van der Waals surface area contributed by atoms with Crippen LogP contribution in [-0.4, -0.2) is 31.7 Å². The Morgan fingerprint density at radius 1 is 1.06 bits per heavy atom. The molecule has 0 aliphatic heterocycles.